The van der Waals surface area contributed by atoms with Crippen molar-refractivity contribution in [1.29, 1.82) is 0 Å². The van der Waals surface area contributed by atoms with Crippen molar-refractivity contribution in [3.8, 4) is 10.6 Å². The minimum absolute atomic E-state index is 0.0290. The maximum atomic E-state index is 12.4. The summed E-state index contributed by atoms with van der Waals surface area (Å²) in [7, 11) is 0. The van der Waals surface area contributed by atoms with Crippen molar-refractivity contribution in [2.75, 3.05) is 18.8 Å². The first-order chi connectivity index (χ1) is 11.6. The van der Waals surface area contributed by atoms with Crippen LogP contribution >= 0.6 is 22.7 Å². The Bertz CT molecular complexity index is 829. The van der Waals surface area contributed by atoms with E-state index in [9.17, 15) is 9.35 Å². The maximum Gasteiger partial charge on any atom is 0.353 e. The van der Waals surface area contributed by atoms with Crippen molar-refractivity contribution < 1.29 is 9.35 Å². The van der Waals surface area contributed by atoms with Crippen LogP contribution < -0.4 is 5.32 Å². The molecule has 4 heterocycles. The number of nitrogens with one attached hydrogen (secondary N) is 1. The summed E-state index contributed by atoms with van der Waals surface area (Å²) in [5.41, 5.74) is 1.60. The van der Waals surface area contributed by atoms with E-state index in [0.717, 1.165) is 20.6 Å². The third-order valence-electron chi connectivity index (χ3n) is 3.39. The summed E-state index contributed by atoms with van der Waals surface area (Å²) in [5.74, 6) is 0.478. The second-order valence-electron chi connectivity index (χ2n) is 5.05. The zero-order valence-electron chi connectivity index (χ0n) is 12.5. The number of amides is 2. The van der Waals surface area contributed by atoms with Crippen LogP contribution in [0.5, 0.6) is 0 Å². The smallest absolute Gasteiger partial charge is 0.353 e. The minimum Gasteiger partial charge on any atom is -0.615 e. The summed E-state index contributed by atoms with van der Waals surface area (Å²) in [6, 6.07) is 3.66. The van der Waals surface area contributed by atoms with E-state index in [4.69, 9.17) is 0 Å². The molecule has 0 bridgehead atoms. The molecule has 2 aromatic rings. The van der Waals surface area contributed by atoms with Crippen LogP contribution in [0.1, 0.15) is 5.01 Å². The summed E-state index contributed by atoms with van der Waals surface area (Å²) < 4.78 is 11.3. The van der Waals surface area contributed by atoms with Gasteiger partial charge in [-0.15, -0.1) is 32.8 Å². The Morgan fingerprint density at radius 3 is 3.08 bits per heavy atom. The Balaban J connectivity index is 1.65. The predicted molar refractivity (Wildman–Crippen MR) is 93.2 cm³/mol. The van der Waals surface area contributed by atoms with E-state index in [-0.39, 0.29) is 11.9 Å². The molecule has 1 unspecified atom stereocenters. The zero-order chi connectivity index (χ0) is 16.7. The SMILES string of the molecule is C[S+]([O-])CN1N=NC2=C(c3nc(-c4cccs4)cs3)NCN2C1=O. The molecule has 8 nitrogen and oxygen atoms in total. The highest BCUT2D eigenvalue weighted by Crippen LogP contribution is 2.33. The van der Waals surface area contributed by atoms with Crippen LogP contribution in [0.4, 0.5) is 4.79 Å². The Labute approximate surface area is 148 Å². The van der Waals surface area contributed by atoms with Crippen molar-refractivity contribution in [3.63, 3.8) is 0 Å². The first kappa shape index (κ1) is 15.6. The molecule has 1 N–H and O–H groups in total. The summed E-state index contributed by atoms with van der Waals surface area (Å²) >= 11 is 1.94. The summed E-state index contributed by atoms with van der Waals surface area (Å²) in [4.78, 5) is 19.6. The molecule has 1 atom stereocenters. The van der Waals surface area contributed by atoms with E-state index < -0.39 is 11.2 Å². The molecule has 11 heteroatoms. The molecule has 4 rings (SSSR count). The van der Waals surface area contributed by atoms with Gasteiger partial charge in [0, 0.05) is 5.38 Å². The van der Waals surface area contributed by atoms with Crippen molar-refractivity contribution in [3.05, 3.63) is 33.7 Å². The molecule has 2 aromatic heterocycles. The number of hydrogen-bond acceptors (Lipinski definition) is 8. The van der Waals surface area contributed by atoms with Gasteiger partial charge in [0.1, 0.15) is 10.7 Å². The number of rotatable bonds is 4. The van der Waals surface area contributed by atoms with Gasteiger partial charge in [-0.25, -0.2) is 9.78 Å². The standard InChI is InChI=1S/C13H12N6O2S3/c1-24(21)7-19-13(20)18-6-14-10(11(18)16-17-19)12-15-8(5-23-12)9-3-2-4-22-9/h2-5,14H,6-7H2,1H3. The number of urea groups is 1. The lowest BCUT2D eigenvalue weighted by Gasteiger charge is -2.25. The molecule has 0 saturated carbocycles. The third-order valence-corrected chi connectivity index (χ3v) is 5.75. The molecular formula is C13H12N6O2S3. The van der Waals surface area contributed by atoms with Crippen molar-refractivity contribution >= 4 is 45.6 Å². The second kappa shape index (κ2) is 6.16. The van der Waals surface area contributed by atoms with Gasteiger partial charge in [-0.3, -0.25) is 4.90 Å². The van der Waals surface area contributed by atoms with Gasteiger partial charge in [-0.05, 0) is 22.6 Å². The van der Waals surface area contributed by atoms with E-state index in [1.54, 1.807) is 11.3 Å². The van der Waals surface area contributed by atoms with Crippen LogP contribution in [0, 0.1) is 0 Å². The van der Waals surface area contributed by atoms with E-state index in [2.05, 4.69) is 20.6 Å². The number of nitrogens with zero attached hydrogens (tertiary/aromatic N) is 5. The van der Waals surface area contributed by atoms with E-state index in [1.165, 1.54) is 22.5 Å². The van der Waals surface area contributed by atoms with Gasteiger partial charge in [0.05, 0.1) is 23.5 Å². The number of carbonyl (C=O) groups is 1. The Kier molecular flexibility index (Phi) is 4.00. The summed E-state index contributed by atoms with van der Waals surface area (Å²) in [5, 5.41) is 17.0. The summed E-state index contributed by atoms with van der Waals surface area (Å²) in [6.07, 6.45) is 1.52. The molecule has 24 heavy (non-hydrogen) atoms. The van der Waals surface area contributed by atoms with Crippen molar-refractivity contribution in [1.82, 2.24) is 20.2 Å². The van der Waals surface area contributed by atoms with Crippen LogP contribution in [-0.4, -0.2) is 44.3 Å². The first-order valence-corrected chi connectivity index (χ1v) is 10.4. The van der Waals surface area contributed by atoms with Gasteiger partial charge in [0.15, 0.2) is 5.82 Å². The largest absolute Gasteiger partial charge is 0.615 e. The lowest BCUT2D eigenvalue weighted by molar-refractivity contribution is 0.161. The third kappa shape index (κ3) is 2.69. The molecule has 2 aliphatic heterocycles. The fourth-order valence-electron chi connectivity index (χ4n) is 2.33. The molecule has 0 spiro atoms. The second-order valence-corrected chi connectivity index (χ2v) is 8.26. The fourth-order valence-corrected chi connectivity index (χ4v) is 4.44. The highest BCUT2D eigenvalue weighted by atomic mass is 32.2. The number of thiazole rings is 1. The molecule has 0 fully saturated rings. The normalized spacial score (nSPS) is 18.2. The Hall–Kier alpha value is -1.95. The monoisotopic (exact) mass is 380 g/mol. The van der Waals surface area contributed by atoms with Gasteiger partial charge >= 0.3 is 6.03 Å². The van der Waals surface area contributed by atoms with Crippen molar-refractivity contribution in [2.24, 2.45) is 10.3 Å². The number of aromatic nitrogens is 1. The lowest BCUT2D eigenvalue weighted by atomic mass is 10.4. The van der Waals surface area contributed by atoms with Gasteiger partial charge in [0.25, 0.3) is 0 Å². The van der Waals surface area contributed by atoms with Crippen LogP contribution in [0.2, 0.25) is 0 Å². The molecule has 0 aliphatic carbocycles. The molecular weight excluding hydrogens is 368 g/mol. The van der Waals surface area contributed by atoms with Crippen molar-refractivity contribution in [2.45, 2.75) is 0 Å². The zero-order valence-corrected chi connectivity index (χ0v) is 15.0. The minimum atomic E-state index is -1.17. The number of carbonyl (C=O) groups excluding carboxylic acids is 1. The van der Waals surface area contributed by atoms with E-state index >= 15 is 0 Å². The first-order valence-electron chi connectivity index (χ1n) is 6.92. The van der Waals surface area contributed by atoms with E-state index in [0.29, 0.717) is 18.2 Å². The molecule has 0 aromatic carbocycles. The van der Waals surface area contributed by atoms with Crippen LogP contribution in [0.3, 0.4) is 0 Å². The quantitative estimate of drug-likeness (QED) is 0.824. The molecule has 124 valence electrons. The highest BCUT2D eigenvalue weighted by molar-refractivity contribution is 7.90. The van der Waals surface area contributed by atoms with Gasteiger partial charge in [-0.1, -0.05) is 11.3 Å². The average Bonchev–Trinajstić information content (AvgIpc) is 3.28. The number of hydrogen-bond donors (Lipinski definition) is 1. The lowest BCUT2D eigenvalue weighted by Crippen LogP contribution is -2.43. The van der Waals surface area contributed by atoms with Crippen LogP contribution in [0.25, 0.3) is 16.3 Å². The number of thiophene rings is 1. The van der Waals surface area contributed by atoms with Gasteiger partial charge in [0.2, 0.25) is 5.88 Å². The molecule has 2 amide bonds. The molecule has 0 saturated heterocycles. The predicted octanol–water partition coefficient (Wildman–Crippen LogP) is 2.50. The highest BCUT2D eigenvalue weighted by Gasteiger charge is 2.37. The molecule has 2 aliphatic rings. The van der Waals surface area contributed by atoms with Gasteiger partial charge < -0.3 is 9.87 Å². The maximum absolute atomic E-state index is 12.4. The van der Waals surface area contributed by atoms with Crippen LogP contribution in [0.15, 0.2) is 39.1 Å². The molecule has 0 radical (unpaired) electrons. The summed E-state index contributed by atoms with van der Waals surface area (Å²) in [6.45, 7) is 0.295. The van der Waals surface area contributed by atoms with E-state index in [1.807, 2.05) is 22.9 Å². The van der Waals surface area contributed by atoms with Gasteiger partial charge in [-0.2, -0.15) is 0 Å². The Morgan fingerprint density at radius 2 is 2.33 bits per heavy atom. The number of fused-ring (bicyclic) bond motifs is 1. The average molecular weight is 380 g/mol. The topological polar surface area (TPSA) is 96.2 Å². The Morgan fingerprint density at radius 1 is 1.46 bits per heavy atom. The van der Waals surface area contributed by atoms with Crippen LogP contribution in [-0.2, 0) is 11.2 Å². The fraction of sp³-hybridized carbons (Fsp3) is 0.231.